The number of carbonyl (C=O) groups excluding carboxylic acids is 1. The van der Waals surface area contributed by atoms with Crippen LogP contribution in [0.25, 0.3) is 16.6 Å². The molecule has 1 amide bonds. The first-order valence-corrected chi connectivity index (χ1v) is 11.8. The molecular weight excluding hydrogens is 424 g/mol. The Bertz CT molecular complexity index is 1110. The molecule has 0 N–H and O–H groups in total. The van der Waals surface area contributed by atoms with Crippen molar-refractivity contribution in [1.82, 2.24) is 24.9 Å². The molecule has 0 saturated carbocycles. The summed E-state index contributed by atoms with van der Waals surface area (Å²) < 4.78 is 1.92. The smallest absolute Gasteiger partial charge is 0.227 e. The highest BCUT2D eigenvalue weighted by Gasteiger charge is 2.30. The number of hydrogen-bond donors (Lipinski definition) is 0. The van der Waals surface area contributed by atoms with E-state index in [0.29, 0.717) is 11.6 Å². The van der Waals surface area contributed by atoms with Crippen LogP contribution in [-0.2, 0) is 4.79 Å². The third kappa shape index (κ3) is 4.31. The summed E-state index contributed by atoms with van der Waals surface area (Å²) in [7, 11) is 1.91. The lowest BCUT2D eigenvalue weighted by Crippen LogP contribution is -2.44. The standard InChI is InChI=1S/C24H31ClN6O/c1-5-6-13-29(4)24(32)18-8-7-14-30(15-18)23-22-21(16(2)26-27-23)17(3)31(28-22)20-11-9-19(25)10-12-20/h9-12,18H,5-8,13-15H2,1-4H3/t18-/m0/s1. The van der Waals surface area contributed by atoms with E-state index >= 15 is 0 Å². The lowest BCUT2D eigenvalue weighted by atomic mass is 9.96. The average molecular weight is 455 g/mol. The SMILES string of the molecule is CCCCN(C)C(=O)[C@H]1CCCN(c2nnc(C)c3c(C)n(-c4ccc(Cl)cc4)nc23)C1. The van der Waals surface area contributed by atoms with Crippen molar-refractivity contribution in [3.8, 4) is 5.69 Å². The zero-order chi connectivity index (χ0) is 22.8. The van der Waals surface area contributed by atoms with E-state index in [-0.39, 0.29) is 11.8 Å². The molecule has 8 heteroatoms. The van der Waals surface area contributed by atoms with Crippen LogP contribution in [0, 0.1) is 19.8 Å². The number of aryl methyl sites for hydroxylation is 2. The fraction of sp³-hybridized carbons (Fsp3) is 0.500. The Kier molecular flexibility index (Phi) is 6.65. The highest BCUT2D eigenvalue weighted by Crippen LogP contribution is 2.32. The summed E-state index contributed by atoms with van der Waals surface area (Å²) in [5.41, 5.74) is 3.64. The first-order chi connectivity index (χ1) is 15.4. The lowest BCUT2D eigenvalue weighted by Gasteiger charge is -2.34. The quantitative estimate of drug-likeness (QED) is 0.546. The number of halogens is 1. The topological polar surface area (TPSA) is 67.2 Å². The zero-order valence-electron chi connectivity index (χ0n) is 19.3. The Morgan fingerprint density at radius 2 is 1.97 bits per heavy atom. The van der Waals surface area contributed by atoms with Gasteiger partial charge < -0.3 is 9.80 Å². The van der Waals surface area contributed by atoms with Crippen molar-refractivity contribution in [3.63, 3.8) is 0 Å². The van der Waals surface area contributed by atoms with Gasteiger partial charge in [0, 0.05) is 31.7 Å². The summed E-state index contributed by atoms with van der Waals surface area (Å²) in [4.78, 5) is 17.1. The van der Waals surface area contributed by atoms with Gasteiger partial charge in [0.15, 0.2) is 5.82 Å². The molecule has 32 heavy (non-hydrogen) atoms. The molecule has 0 unspecified atom stereocenters. The lowest BCUT2D eigenvalue weighted by molar-refractivity contribution is -0.134. The van der Waals surface area contributed by atoms with Gasteiger partial charge in [-0.1, -0.05) is 24.9 Å². The largest absolute Gasteiger partial charge is 0.352 e. The van der Waals surface area contributed by atoms with Crippen molar-refractivity contribution >= 4 is 34.2 Å². The summed E-state index contributed by atoms with van der Waals surface area (Å²) >= 11 is 6.07. The molecule has 0 aliphatic carbocycles. The number of nitrogens with zero attached hydrogens (tertiary/aromatic N) is 6. The molecule has 1 aliphatic rings. The summed E-state index contributed by atoms with van der Waals surface area (Å²) in [5, 5.41) is 15.6. The van der Waals surface area contributed by atoms with Crippen LogP contribution in [0.2, 0.25) is 5.02 Å². The minimum atomic E-state index is -0.0248. The number of benzene rings is 1. The Morgan fingerprint density at radius 1 is 1.22 bits per heavy atom. The molecule has 1 fully saturated rings. The molecule has 0 spiro atoms. The highest BCUT2D eigenvalue weighted by molar-refractivity contribution is 6.30. The number of anilines is 1. The number of rotatable bonds is 6. The maximum atomic E-state index is 13.0. The van der Waals surface area contributed by atoms with Crippen LogP contribution in [-0.4, -0.2) is 57.5 Å². The second-order valence-electron chi connectivity index (χ2n) is 8.70. The van der Waals surface area contributed by atoms with Crippen LogP contribution < -0.4 is 4.90 Å². The first kappa shape index (κ1) is 22.5. The van der Waals surface area contributed by atoms with Gasteiger partial charge in [-0.05, 0) is 57.4 Å². The van der Waals surface area contributed by atoms with Gasteiger partial charge in [0.05, 0.1) is 28.4 Å². The minimum absolute atomic E-state index is 0.0248. The molecule has 170 valence electrons. The van der Waals surface area contributed by atoms with E-state index in [9.17, 15) is 4.79 Å². The van der Waals surface area contributed by atoms with E-state index in [1.807, 2.05) is 54.7 Å². The van der Waals surface area contributed by atoms with Gasteiger partial charge in [0.2, 0.25) is 5.91 Å². The third-order valence-corrected chi connectivity index (χ3v) is 6.60. The molecular formula is C24H31ClN6O. The van der Waals surface area contributed by atoms with E-state index in [4.69, 9.17) is 16.7 Å². The fourth-order valence-corrected chi connectivity index (χ4v) is 4.67. The van der Waals surface area contributed by atoms with Gasteiger partial charge >= 0.3 is 0 Å². The number of piperidine rings is 1. The van der Waals surface area contributed by atoms with Crippen molar-refractivity contribution in [2.24, 2.45) is 5.92 Å². The van der Waals surface area contributed by atoms with Crippen molar-refractivity contribution in [3.05, 3.63) is 40.7 Å². The molecule has 1 saturated heterocycles. The van der Waals surface area contributed by atoms with Gasteiger partial charge in [-0.3, -0.25) is 4.79 Å². The molecule has 1 aromatic carbocycles. The monoisotopic (exact) mass is 454 g/mol. The number of unbranched alkanes of at least 4 members (excludes halogenated alkanes) is 1. The second-order valence-corrected chi connectivity index (χ2v) is 9.14. The number of hydrogen-bond acceptors (Lipinski definition) is 5. The summed E-state index contributed by atoms with van der Waals surface area (Å²) in [6.07, 6.45) is 3.98. The molecule has 4 rings (SSSR count). The Hall–Kier alpha value is -2.67. The molecule has 0 bridgehead atoms. The summed E-state index contributed by atoms with van der Waals surface area (Å²) in [6.45, 7) is 8.47. The van der Waals surface area contributed by atoms with E-state index in [2.05, 4.69) is 22.0 Å². The number of amides is 1. The summed E-state index contributed by atoms with van der Waals surface area (Å²) in [6, 6.07) is 7.64. The van der Waals surface area contributed by atoms with Crippen molar-refractivity contribution < 1.29 is 4.79 Å². The van der Waals surface area contributed by atoms with Gasteiger partial charge in [-0.2, -0.15) is 10.2 Å². The molecule has 0 radical (unpaired) electrons. The van der Waals surface area contributed by atoms with Crippen LogP contribution in [0.3, 0.4) is 0 Å². The van der Waals surface area contributed by atoms with Gasteiger partial charge in [-0.25, -0.2) is 4.68 Å². The molecule has 3 heterocycles. The van der Waals surface area contributed by atoms with Crippen LogP contribution in [0.15, 0.2) is 24.3 Å². The van der Waals surface area contributed by atoms with Crippen molar-refractivity contribution in [2.45, 2.75) is 46.5 Å². The number of aromatic nitrogens is 4. The van der Waals surface area contributed by atoms with E-state index in [1.54, 1.807) is 0 Å². The maximum Gasteiger partial charge on any atom is 0.227 e. The Morgan fingerprint density at radius 3 is 2.69 bits per heavy atom. The Balaban J connectivity index is 1.67. The molecule has 2 aromatic heterocycles. The molecule has 3 aromatic rings. The number of carbonyl (C=O) groups is 1. The van der Waals surface area contributed by atoms with Crippen LogP contribution in [0.1, 0.15) is 44.0 Å². The van der Waals surface area contributed by atoms with Gasteiger partial charge in [-0.15, -0.1) is 5.10 Å². The first-order valence-electron chi connectivity index (χ1n) is 11.4. The van der Waals surface area contributed by atoms with E-state index in [0.717, 1.165) is 72.6 Å². The zero-order valence-corrected chi connectivity index (χ0v) is 20.1. The van der Waals surface area contributed by atoms with Gasteiger partial charge in [0.1, 0.15) is 5.52 Å². The van der Waals surface area contributed by atoms with Crippen molar-refractivity contribution in [2.75, 3.05) is 31.6 Å². The van der Waals surface area contributed by atoms with Crippen molar-refractivity contribution in [1.29, 1.82) is 0 Å². The Labute approximate surface area is 194 Å². The number of fused-ring (bicyclic) bond motifs is 1. The van der Waals surface area contributed by atoms with Crippen LogP contribution in [0.4, 0.5) is 5.82 Å². The fourth-order valence-electron chi connectivity index (χ4n) is 4.55. The maximum absolute atomic E-state index is 13.0. The van der Waals surface area contributed by atoms with E-state index < -0.39 is 0 Å². The molecule has 1 aliphatic heterocycles. The highest BCUT2D eigenvalue weighted by atomic mass is 35.5. The van der Waals surface area contributed by atoms with Crippen LogP contribution >= 0.6 is 11.6 Å². The summed E-state index contributed by atoms with van der Waals surface area (Å²) in [5.74, 6) is 0.959. The normalized spacial score (nSPS) is 16.5. The predicted octanol–water partition coefficient (Wildman–Crippen LogP) is 4.56. The minimum Gasteiger partial charge on any atom is -0.352 e. The average Bonchev–Trinajstić information content (AvgIpc) is 3.15. The third-order valence-electron chi connectivity index (χ3n) is 6.35. The molecule has 1 atom stereocenters. The molecule has 7 nitrogen and oxygen atoms in total. The predicted molar refractivity (Wildman–Crippen MR) is 129 cm³/mol. The second kappa shape index (κ2) is 9.45. The van der Waals surface area contributed by atoms with Gasteiger partial charge in [0.25, 0.3) is 0 Å². The van der Waals surface area contributed by atoms with E-state index in [1.165, 1.54) is 0 Å². The van der Waals surface area contributed by atoms with Crippen LogP contribution in [0.5, 0.6) is 0 Å².